The molecule has 1 aromatic carbocycles. The monoisotopic (exact) mass is 376 g/mol. The number of nitrogens with two attached hydrogens (primary N) is 1. The molecule has 24 heavy (non-hydrogen) atoms. The number of hydrogen-bond acceptors (Lipinski definition) is 5. The van der Waals surface area contributed by atoms with E-state index in [0.717, 1.165) is 32.1 Å². The summed E-state index contributed by atoms with van der Waals surface area (Å²) < 4.78 is 31.8. The van der Waals surface area contributed by atoms with Gasteiger partial charge in [-0.05, 0) is 30.5 Å². The number of carbonyl (C=O) groups excluding carboxylic acids is 1. The standard InChI is InChI=1S/C16H24N2O4S.ClH/c1-22-15(19)14-7-5-6-13(10-14)11-23(20,21)18-12-16(17)8-3-2-4-9-16;/h5-7,10,18H,2-4,8-9,11-12,17H2,1H3;1H. The fraction of sp³-hybridized carbons (Fsp3) is 0.562. The van der Waals surface area contributed by atoms with Crippen LogP contribution >= 0.6 is 12.4 Å². The van der Waals surface area contributed by atoms with Crippen LogP contribution in [0.25, 0.3) is 0 Å². The first kappa shape index (κ1) is 20.9. The van der Waals surface area contributed by atoms with E-state index in [0.29, 0.717) is 11.1 Å². The molecule has 0 bridgehead atoms. The van der Waals surface area contributed by atoms with Crippen LogP contribution in [0.5, 0.6) is 0 Å². The Labute approximate surface area is 149 Å². The van der Waals surface area contributed by atoms with Crippen molar-refractivity contribution < 1.29 is 17.9 Å². The minimum absolute atomic E-state index is 0. The van der Waals surface area contributed by atoms with Crippen molar-refractivity contribution in [3.63, 3.8) is 0 Å². The van der Waals surface area contributed by atoms with Gasteiger partial charge in [-0.1, -0.05) is 31.4 Å². The van der Waals surface area contributed by atoms with Gasteiger partial charge in [0, 0.05) is 12.1 Å². The van der Waals surface area contributed by atoms with Crippen molar-refractivity contribution in [1.82, 2.24) is 4.72 Å². The quantitative estimate of drug-likeness (QED) is 0.739. The Bertz CT molecular complexity index is 658. The Kier molecular flexibility index (Phi) is 7.66. The number of sulfonamides is 1. The highest BCUT2D eigenvalue weighted by Crippen LogP contribution is 2.25. The van der Waals surface area contributed by atoms with Crippen molar-refractivity contribution >= 4 is 28.4 Å². The molecule has 8 heteroatoms. The van der Waals surface area contributed by atoms with Crippen LogP contribution in [0, 0.1) is 0 Å². The van der Waals surface area contributed by atoms with Crippen molar-refractivity contribution in [3.8, 4) is 0 Å². The van der Waals surface area contributed by atoms with E-state index in [9.17, 15) is 13.2 Å². The molecular weight excluding hydrogens is 352 g/mol. The van der Waals surface area contributed by atoms with Crippen LogP contribution in [0.2, 0.25) is 0 Å². The van der Waals surface area contributed by atoms with E-state index >= 15 is 0 Å². The van der Waals surface area contributed by atoms with Crippen molar-refractivity contribution in [2.24, 2.45) is 5.73 Å². The van der Waals surface area contributed by atoms with Crippen LogP contribution in [0.15, 0.2) is 24.3 Å². The summed E-state index contributed by atoms with van der Waals surface area (Å²) in [6.45, 7) is 0.256. The van der Waals surface area contributed by atoms with Crippen LogP contribution in [-0.4, -0.2) is 33.6 Å². The van der Waals surface area contributed by atoms with E-state index in [1.54, 1.807) is 18.2 Å². The minimum Gasteiger partial charge on any atom is -0.465 e. The van der Waals surface area contributed by atoms with Gasteiger partial charge in [-0.2, -0.15) is 0 Å². The zero-order valence-electron chi connectivity index (χ0n) is 13.8. The molecule has 0 heterocycles. The molecule has 1 aromatic rings. The summed E-state index contributed by atoms with van der Waals surface area (Å²) in [4.78, 5) is 11.5. The van der Waals surface area contributed by atoms with E-state index in [-0.39, 0.29) is 24.7 Å². The second-order valence-corrected chi connectivity index (χ2v) is 8.00. The maximum Gasteiger partial charge on any atom is 0.337 e. The fourth-order valence-electron chi connectivity index (χ4n) is 2.86. The molecule has 0 saturated heterocycles. The molecule has 1 aliphatic carbocycles. The van der Waals surface area contributed by atoms with Gasteiger partial charge in [-0.15, -0.1) is 12.4 Å². The molecule has 0 unspecified atom stereocenters. The Hall–Kier alpha value is -1.15. The zero-order valence-corrected chi connectivity index (χ0v) is 15.4. The smallest absolute Gasteiger partial charge is 0.337 e. The number of methoxy groups -OCH3 is 1. The maximum absolute atomic E-state index is 12.3. The van der Waals surface area contributed by atoms with Crippen molar-refractivity contribution in [1.29, 1.82) is 0 Å². The van der Waals surface area contributed by atoms with Gasteiger partial charge >= 0.3 is 5.97 Å². The van der Waals surface area contributed by atoms with E-state index in [1.807, 2.05) is 0 Å². The molecule has 1 fully saturated rings. The van der Waals surface area contributed by atoms with Crippen LogP contribution in [-0.2, 0) is 20.5 Å². The molecule has 0 spiro atoms. The van der Waals surface area contributed by atoms with Gasteiger partial charge in [-0.25, -0.2) is 17.9 Å². The van der Waals surface area contributed by atoms with Gasteiger partial charge in [0.15, 0.2) is 0 Å². The lowest BCUT2D eigenvalue weighted by Crippen LogP contribution is -2.51. The minimum atomic E-state index is -3.50. The number of nitrogens with one attached hydrogen (secondary N) is 1. The molecule has 1 saturated carbocycles. The number of ether oxygens (including phenoxy) is 1. The van der Waals surface area contributed by atoms with Crippen molar-refractivity contribution in [2.75, 3.05) is 13.7 Å². The fourth-order valence-corrected chi connectivity index (χ4v) is 4.09. The lowest BCUT2D eigenvalue weighted by Gasteiger charge is -2.33. The van der Waals surface area contributed by atoms with Gasteiger partial charge in [0.2, 0.25) is 10.0 Å². The first-order chi connectivity index (χ1) is 10.8. The molecule has 0 aromatic heterocycles. The number of benzene rings is 1. The average molecular weight is 377 g/mol. The summed E-state index contributed by atoms with van der Waals surface area (Å²) in [6, 6.07) is 6.43. The summed E-state index contributed by atoms with van der Waals surface area (Å²) >= 11 is 0. The Morgan fingerprint density at radius 3 is 2.58 bits per heavy atom. The third-order valence-electron chi connectivity index (χ3n) is 4.20. The van der Waals surface area contributed by atoms with Gasteiger partial charge < -0.3 is 10.5 Å². The topological polar surface area (TPSA) is 98.5 Å². The van der Waals surface area contributed by atoms with E-state index in [4.69, 9.17) is 5.73 Å². The second-order valence-electron chi connectivity index (χ2n) is 6.20. The number of carbonyl (C=O) groups is 1. The van der Waals surface area contributed by atoms with Crippen LogP contribution in [0.4, 0.5) is 0 Å². The third-order valence-corrected chi connectivity index (χ3v) is 5.50. The van der Waals surface area contributed by atoms with Crippen LogP contribution in [0.3, 0.4) is 0 Å². The number of rotatable bonds is 6. The molecule has 136 valence electrons. The summed E-state index contributed by atoms with van der Waals surface area (Å²) in [5.74, 6) is -0.672. The van der Waals surface area contributed by atoms with Crippen LogP contribution < -0.4 is 10.5 Å². The van der Waals surface area contributed by atoms with Gasteiger partial charge in [0.25, 0.3) is 0 Å². The third kappa shape index (κ3) is 6.05. The molecule has 6 nitrogen and oxygen atoms in total. The first-order valence-electron chi connectivity index (χ1n) is 7.77. The second kappa shape index (κ2) is 8.80. The predicted octanol–water partition coefficient (Wildman–Crippen LogP) is 1.98. The molecule has 0 amide bonds. The molecule has 0 aliphatic heterocycles. The Balaban J connectivity index is 0.00000288. The molecule has 2 rings (SSSR count). The summed E-state index contributed by atoms with van der Waals surface area (Å²) in [5.41, 5.74) is 6.68. The molecule has 1 aliphatic rings. The van der Waals surface area contributed by atoms with Crippen LogP contribution in [0.1, 0.15) is 48.0 Å². The zero-order chi connectivity index (χ0) is 16.9. The van der Waals surface area contributed by atoms with Gasteiger partial charge in [0.05, 0.1) is 18.4 Å². The largest absolute Gasteiger partial charge is 0.465 e. The lowest BCUT2D eigenvalue weighted by atomic mass is 9.83. The number of halogens is 1. The van der Waals surface area contributed by atoms with Crippen molar-refractivity contribution in [3.05, 3.63) is 35.4 Å². The molecular formula is C16H25ClN2O4S. The van der Waals surface area contributed by atoms with E-state index in [2.05, 4.69) is 9.46 Å². The van der Waals surface area contributed by atoms with Gasteiger partial charge in [-0.3, -0.25) is 0 Å². The number of esters is 1. The molecule has 0 radical (unpaired) electrons. The Morgan fingerprint density at radius 2 is 1.96 bits per heavy atom. The Morgan fingerprint density at radius 1 is 1.29 bits per heavy atom. The normalized spacial score (nSPS) is 16.9. The lowest BCUT2D eigenvalue weighted by molar-refractivity contribution is 0.0600. The summed E-state index contributed by atoms with van der Waals surface area (Å²) in [7, 11) is -2.21. The molecule has 3 N–H and O–H groups in total. The SMILES string of the molecule is COC(=O)c1cccc(CS(=O)(=O)NCC2(N)CCCCC2)c1.Cl. The van der Waals surface area contributed by atoms with E-state index < -0.39 is 21.5 Å². The van der Waals surface area contributed by atoms with Crippen molar-refractivity contribution in [2.45, 2.75) is 43.4 Å². The summed E-state index contributed by atoms with van der Waals surface area (Å²) in [6.07, 6.45) is 4.92. The predicted molar refractivity (Wildman–Crippen MR) is 95.7 cm³/mol. The maximum atomic E-state index is 12.3. The highest BCUT2D eigenvalue weighted by Gasteiger charge is 2.28. The summed E-state index contributed by atoms with van der Waals surface area (Å²) in [5, 5.41) is 0. The highest BCUT2D eigenvalue weighted by atomic mass is 35.5. The highest BCUT2D eigenvalue weighted by molar-refractivity contribution is 7.88. The molecule has 0 atom stereocenters. The van der Waals surface area contributed by atoms with Gasteiger partial charge in [0.1, 0.15) is 0 Å². The number of hydrogen-bond donors (Lipinski definition) is 2. The average Bonchev–Trinajstić information content (AvgIpc) is 2.53. The van der Waals surface area contributed by atoms with E-state index in [1.165, 1.54) is 13.2 Å². The first-order valence-corrected chi connectivity index (χ1v) is 9.42.